The van der Waals surface area contributed by atoms with Crippen molar-refractivity contribution in [3.63, 3.8) is 0 Å². The van der Waals surface area contributed by atoms with Gasteiger partial charge < -0.3 is 15.2 Å². The molecule has 3 nitrogen and oxygen atoms in total. The molecule has 1 aromatic rings. The molecular weight excluding hydrogens is 190 g/mol. The molecule has 1 atom stereocenters. The van der Waals surface area contributed by atoms with Crippen LogP contribution in [0.5, 0.6) is 5.75 Å². The molecule has 1 aromatic carbocycles. The lowest BCUT2D eigenvalue weighted by atomic mass is 9.88. The SMILES string of the molecule is COc1ccc2c(c1)NCCC2CCO. The largest absolute Gasteiger partial charge is 0.497 e. The van der Waals surface area contributed by atoms with Crippen molar-refractivity contribution in [2.24, 2.45) is 0 Å². The third-order valence-electron chi connectivity index (χ3n) is 2.99. The highest BCUT2D eigenvalue weighted by Gasteiger charge is 2.19. The zero-order valence-corrected chi connectivity index (χ0v) is 8.99. The first-order valence-corrected chi connectivity index (χ1v) is 5.38. The molecule has 0 spiro atoms. The van der Waals surface area contributed by atoms with Crippen LogP contribution in [0.25, 0.3) is 0 Å². The number of ether oxygens (including phenoxy) is 1. The van der Waals surface area contributed by atoms with Crippen molar-refractivity contribution in [2.45, 2.75) is 18.8 Å². The number of anilines is 1. The van der Waals surface area contributed by atoms with Crippen molar-refractivity contribution in [2.75, 3.05) is 25.6 Å². The molecule has 82 valence electrons. The summed E-state index contributed by atoms with van der Waals surface area (Å²) >= 11 is 0. The number of aliphatic hydroxyl groups is 1. The van der Waals surface area contributed by atoms with Crippen LogP contribution >= 0.6 is 0 Å². The fraction of sp³-hybridized carbons (Fsp3) is 0.500. The average molecular weight is 207 g/mol. The van der Waals surface area contributed by atoms with Gasteiger partial charge in [-0.3, -0.25) is 0 Å². The standard InChI is InChI=1S/C12H17NO2/c1-15-10-2-3-11-9(5-7-14)4-6-13-12(11)8-10/h2-3,8-9,13-14H,4-7H2,1H3. The van der Waals surface area contributed by atoms with Gasteiger partial charge in [0.15, 0.2) is 0 Å². The summed E-state index contributed by atoms with van der Waals surface area (Å²) in [4.78, 5) is 0. The molecule has 0 fully saturated rings. The lowest BCUT2D eigenvalue weighted by Crippen LogP contribution is -2.17. The van der Waals surface area contributed by atoms with Crippen molar-refractivity contribution < 1.29 is 9.84 Å². The van der Waals surface area contributed by atoms with Gasteiger partial charge in [0.1, 0.15) is 5.75 Å². The van der Waals surface area contributed by atoms with Crippen LogP contribution in [0.3, 0.4) is 0 Å². The summed E-state index contributed by atoms with van der Waals surface area (Å²) in [7, 11) is 1.68. The van der Waals surface area contributed by atoms with E-state index in [1.807, 2.05) is 12.1 Å². The van der Waals surface area contributed by atoms with Crippen LogP contribution in [0.15, 0.2) is 18.2 Å². The first kappa shape index (κ1) is 10.3. The molecule has 3 heteroatoms. The molecule has 1 aliphatic heterocycles. The highest BCUT2D eigenvalue weighted by atomic mass is 16.5. The van der Waals surface area contributed by atoms with E-state index in [9.17, 15) is 0 Å². The van der Waals surface area contributed by atoms with E-state index in [1.165, 1.54) is 5.56 Å². The maximum Gasteiger partial charge on any atom is 0.120 e. The lowest BCUT2D eigenvalue weighted by Gasteiger charge is -2.26. The van der Waals surface area contributed by atoms with Crippen LogP contribution in [0.1, 0.15) is 24.3 Å². The Bertz CT molecular complexity index is 338. The topological polar surface area (TPSA) is 41.5 Å². The second-order valence-corrected chi connectivity index (χ2v) is 3.88. The summed E-state index contributed by atoms with van der Waals surface area (Å²) in [5, 5.41) is 12.4. The Balaban J connectivity index is 2.28. The third kappa shape index (κ3) is 2.07. The van der Waals surface area contributed by atoms with Crippen LogP contribution in [0.2, 0.25) is 0 Å². The molecule has 0 aromatic heterocycles. The quantitative estimate of drug-likeness (QED) is 0.796. The van der Waals surface area contributed by atoms with Crippen molar-refractivity contribution in [1.29, 1.82) is 0 Å². The molecule has 1 unspecified atom stereocenters. The van der Waals surface area contributed by atoms with Crippen LogP contribution in [-0.2, 0) is 0 Å². The minimum absolute atomic E-state index is 0.260. The fourth-order valence-corrected chi connectivity index (χ4v) is 2.16. The number of fused-ring (bicyclic) bond motifs is 1. The first-order valence-electron chi connectivity index (χ1n) is 5.38. The van der Waals surface area contributed by atoms with Gasteiger partial charge >= 0.3 is 0 Å². The van der Waals surface area contributed by atoms with Crippen molar-refractivity contribution in [1.82, 2.24) is 0 Å². The van der Waals surface area contributed by atoms with E-state index in [2.05, 4.69) is 11.4 Å². The molecule has 1 aliphatic rings. The minimum Gasteiger partial charge on any atom is -0.497 e. The number of rotatable bonds is 3. The number of nitrogens with one attached hydrogen (secondary N) is 1. The monoisotopic (exact) mass is 207 g/mol. The summed E-state index contributed by atoms with van der Waals surface area (Å²) in [6.45, 7) is 1.24. The van der Waals surface area contributed by atoms with Crippen LogP contribution in [-0.4, -0.2) is 25.4 Å². The summed E-state index contributed by atoms with van der Waals surface area (Å²) in [6, 6.07) is 6.11. The van der Waals surface area contributed by atoms with Crippen molar-refractivity contribution in [3.8, 4) is 5.75 Å². The van der Waals surface area contributed by atoms with E-state index >= 15 is 0 Å². The zero-order chi connectivity index (χ0) is 10.7. The van der Waals surface area contributed by atoms with E-state index in [1.54, 1.807) is 7.11 Å². The van der Waals surface area contributed by atoms with Gasteiger partial charge in [0.05, 0.1) is 7.11 Å². The first-order chi connectivity index (χ1) is 7.35. The van der Waals surface area contributed by atoms with E-state index in [-0.39, 0.29) is 6.61 Å². The Morgan fingerprint density at radius 3 is 3.13 bits per heavy atom. The van der Waals surface area contributed by atoms with Gasteiger partial charge in [-0.15, -0.1) is 0 Å². The van der Waals surface area contributed by atoms with E-state index in [0.29, 0.717) is 5.92 Å². The van der Waals surface area contributed by atoms with Gasteiger partial charge in [-0.2, -0.15) is 0 Å². The molecule has 15 heavy (non-hydrogen) atoms. The summed E-state index contributed by atoms with van der Waals surface area (Å²) in [5.74, 6) is 1.36. The highest BCUT2D eigenvalue weighted by molar-refractivity contribution is 5.58. The number of methoxy groups -OCH3 is 1. The van der Waals surface area contributed by atoms with Crippen LogP contribution < -0.4 is 10.1 Å². The maximum atomic E-state index is 9.00. The molecule has 1 heterocycles. The molecule has 0 bridgehead atoms. The number of aliphatic hydroxyl groups excluding tert-OH is 1. The Morgan fingerprint density at radius 1 is 1.53 bits per heavy atom. The van der Waals surface area contributed by atoms with E-state index in [0.717, 1.165) is 30.8 Å². The van der Waals surface area contributed by atoms with Crippen LogP contribution in [0, 0.1) is 0 Å². The second-order valence-electron chi connectivity index (χ2n) is 3.88. The Labute approximate surface area is 90.1 Å². The van der Waals surface area contributed by atoms with Gasteiger partial charge in [0.2, 0.25) is 0 Å². The summed E-state index contributed by atoms with van der Waals surface area (Å²) in [6.07, 6.45) is 1.95. The Morgan fingerprint density at radius 2 is 2.40 bits per heavy atom. The predicted octanol–water partition coefficient (Wildman–Crippen LogP) is 1.98. The third-order valence-corrected chi connectivity index (χ3v) is 2.99. The smallest absolute Gasteiger partial charge is 0.120 e. The van der Waals surface area contributed by atoms with E-state index < -0.39 is 0 Å². The average Bonchev–Trinajstić information content (AvgIpc) is 2.29. The van der Waals surface area contributed by atoms with Crippen molar-refractivity contribution >= 4 is 5.69 Å². The molecule has 0 saturated carbocycles. The Hall–Kier alpha value is -1.22. The van der Waals surface area contributed by atoms with Gasteiger partial charge in [0.25, 0.3) is 0 Å². The number of hydrogen-bond donors (Lipinski definition) is 2. The molecule has 2 rings (SSSR count). The number of hydrogen-bond acceptors (Lipinski definition) is 3. The summed E-state index contributed by atoms with van der Waals surface area (Å²) < 4.78 is 5.19. The van der Waals surface area contributed by atoms with Gasteiger partial charge in [-0.1, -0.05) is 6.07 Å². The zero-order valence-electron chi connectivity index (χ0n) is 8.99. The molecule has 0 saturated heterocycles. The lowest BCUT2D eigenvalue weighted by molar-refractivity contribution is 0.273. The highest BCUT2D eigenvalue weighted by Crippen LogP contribution is 2.35. The Kier molecular flexibility index (Phi) is 3.11. The fourth-order valence-electron chi connectivity index (χ4n) is 2.16. The summed E-state index contributed by atoms with van der Waals surface area (Å²) in [5.41, 5.74) is 2.45. The van der Waals surface area contributed by atoms with Gasteiger partial charge in [-0.25, -0.2) is 0 Å². The molecule has 2 N–H and O–H groups in total. The second kappa shape index (κ2) is 4.53. The molecule has 0 amide bonds. The van der Waals surface area contributed by atoms with E-state index in [4.69, 9.17) is 9.84 Å². The van der Waals surface area contributed by atoms with Crippen molar-refractivity contribution in [3.05, 3.63) is 23.8 Å². The molecule has 0 radical (unpaired) electrons. The number of benzene rings is 1. The van der Waals surface area contributed by atoms with Gasteiger partial charge in [0, 0.05) is 24.9 Å². The van der Waals surface area contributed by atoms with Crippen LogP contribution in [0.4, 0.5) is 5.69 Å². The predicted molar refractivity (Wildman–Crippen MR) is 60.5 cm³/mol. The minimum atomic E-state index is 0.260. The van der Waals surface area contributed by atoms with Gasteiger partial charge in [-0.05, 0) is 30.4 Å². The normalized spacial score (nSPS) is 19.2. The maximum absolute atomic E-state index is 9.00. The molecular formula is C12H17NO2. The molecule has 0 aliphatic carbocycles.